The molecule has 0 amide bonds. The molecule has 3 atom stereocenters. The second kappa shape index (κ2) is 6.70. The Morgan fingerprint density at radius 3 is 2.93 bits per heavy atom. The van der Waals surface area contributed by atoms with Gasteiger partial charge in [-0.15, -0.1) is 0 Å². The predicted molar refractivity (Wildman–Crippen MR) is 64.0 cm³/mol. The van der Waals surface area contributed by atoms with Crippen molar-refractivity contribution in [1.82, 2.24) is 5.32 Å². The number of methoxy groups -OCH3 is 1. The van der Waals surface area contributed by atoms with Crippen molar-refractivity contribution in [2.24, 2.45) is 0 Å². The first-order chi connectivity index (χ1) is 6.76. The lowest BCUT2D eigenvalue weighted by molar-refractivity contribution is 0.0590. The molecular weight excluding hydrogens is 194 g/mol. The van der Waals surface area contributed by atoms with Crippen molar-refractivity contribution in [3.63, 3.8) is 0 Å². The first-order valence-electron chi connectivity index (χ1n) is 5.55. The molecule has 14 heavy (non-hydrogen) atoms. The highest BCUT2D eigenvalue weighted by atomic mass is 32.2. The van der Waals surface area contributed by atoms with Crippen molar-refractivity contribution < 1.29 is 4.74 Å². The minimum atomic E-state index is 0.492. The molecule has 1 aliphatic rings. The van der Waals surface area contributed by atoms with Crippen LogP contribution in [0.15, 0.2) is 0 Å². The van der Waals surface area contributed by atoms with Gasteiger partial charge in [-0.3, -0.25) is 0 Å². The molecule has 3 unspecified atom stereocenters. The Morgan fingerprint density at radius 2 is 2.29 bits per heavy atom. The van der Waals surface area contributed by atoms with E-state index in [2.05, 4.69) is 18.5 Å². The van der Waals surface area contributed by atoms with E-state index in [0.29, 0.717) is 12.1 Å². The summed E-state index contributed by atoms with van der Waals surface area (Å²) in [7, 11) is 1.83. The zero-order valence-electron chi connectivity index (χ0n) is 9.58. The number of nitrogens with one attached hydrogen (secondary N) is 1. The maximum Gasteiger partial charge on any atom is 0.0586 e. The lowest BCUT2D eigenvalue weighted by atomic mass is 9.93. The van der Waals surface area contributed by atoms with Gasteiger partial charge in [0.15, 0.2) is 0 Å². The number of rotatable bonds is 5. The van der Waals surface area contributed by atoms with Gasteiger partial charge in [-0.25, -0.2) is 0 Å². The van der Waals surface area contributed by atoms with Gasteiger partial charge >= 0.3 is 0 Å². The van der Waals surface area contributed by atoms with E-state index >= 15 is 0 Å². The predicted octanol–water partition coefficient (Wildman–Crippen LogP) is 2.29. The summed E-state index contributed by atoms with van der Waals surface area (Å²) < 4.78 is 5.41. The van der Waals surface area contributed by atoms with E-state index < -0.39 is 0 Å². The van der Waals surface area contributed by atoms with Crippen LogP contribution >= 0.6 is 11.8 Å². The third-order valence-electron chi connectivity index (χ3n) is 3.06. The third kappa shape index (κ3) is 4.20. The summed E-state index contributed by atoms with van der Waals surface area (Å²) >= 11 is 1.93. The van der Waals surface area contributed by atoms with Gasteiger partial charge < -0.3 is 10.1 Å². The van der Waals surface area contributed by atoms with Gasteiger partial charge in [-0.2, -0.15) is 11.8 Å². The SMILES string of the molecule is COC1CCCC(NCC(C)SC)C1. The molecule has 0 bridgehead atoms. The molecule has 1 aliphatic carbocycles. The van der Waals surface area contributed by atoms with Crippen LogP contribution < -0.4 is 5.32 Å². The summed E-state index contributed by atoms with van der Waals surface area (Å²) in [6.45, 7) is 3.40. The molecule has 84 valence electrons. The molecule has 3 heteroatoms. The number of ether oxygens (including phenoxy) is 1. The zero-order valence-corrected chi connectivity index (χ0v) is 10.4. The second-order valence-electron chi connectivity index (χ2n) is 4.18. The van der Waals surface area contributed by atoms with Crippen LogP contribution in [-0.2, 0) is 4.74 Å². The van der Waals surface area contributed by atoms with Crippen LogP contribution in [0.25, 0.3) is 0 Å². The monoisotopic (exact) mass is 217 g/mol. The molecule has 1 N–H and O–H groups in total. The highest BCUT2D eigenvalue weighted by molar-refractivity contribution is 7.99. The van der Waals surface area contributed by atoms with E-state index in [0.717, 1.165) is 11.8 Å². The van der Waals surface area contributed by atoms with Crippen LogP contribution in [0, 0.1) is 0 Å². The van der Waals surface area contributed by atoms with Gasteiger partial charge in [-0.05, 0) is 31.9 Å². The molecule has 1 fully saturated rings. The average Bonchev–Trinajstić information content (AvgIpc) is 2.26. The molecule has 0 radical (unpaired) electrons. The van der Waals surface area contributed by atoms with Crippen molar-refractivity contribution in [3.05, 3.63) is 0 Å². The standard InChI is InChI=1S/C11H23NOS/c1-9(14-3)8-12-10-5-4-6-11(7-10)13-2/h9-12H,4-8H2,1-3H3. The molecule has 0 aliphatic heterocycles. The van der Waals surface area contributed by atoms with Gasteiger partial charge in [-0.1, -0.05) is 6.92 Å². The fraction of sp³-hybridized carbons (Fsp3) is 1.00. The summed E-state index contributed by atoms with van der Waals surface area (Å²) in [4.78, 5) is 0. The normalized spacial score (nSPS) is 30.2. The maximum atomic E-state index is 5.41. The van der Waals surface area contributed by atoms with Gasteiger partial charge in [0.1, 0.15) is 0 Å². The van der Waals surface area contributed by atoms with Gasteiger partial charge in [0, 0.05) is 24.9 Å². The summed E-state index contributed by atoms with van der Waals surface area (Å²) in [5, 5.41) is 4.36. The van der Waals surface area contributed by atoms with Crippen molar-refractivity contribution in [1.29, 1.82) is 0 Å². The lowest BCUT2D eigenvalue weighted by Gasteiger charge is -2.29. The fourth-order valence-corrected chi connectivity index (χ4v) is 2.22. The lowest BCUT2D eigenvalue weighted by Crippen LogP contribution is -2.39. The van der Waals surface area contributed by atoms with Crippen LogP contribution in [0.2, 0.25) is 0 Å². The molecule has 0 aromatic heterocycles. The topological polar surface area (TPSA) is 21.3 Å². The Balaban J connectivity index is 2.17. The fourth-order valence-electron chi connectivity index (χ4n) is 1.96. The van der Waals surface area contributed by atoms with Crippen LogP contribution in [0.4, 0.5) is 0 Å². The molecule has 1 saturated carbocycles. The average molecular weight is 217 g/mol. The first kappa shape index (κ1) is 12.3. The summed E-state index contributed by atoms with van der Waals surface area (Å²) in [6.07, 6.45) is 7.73. The first-order valence-corrected chi connectivity index (χ1v) is 6.84. The van der Waals surface area contributed by atoms with E-state index in [4.69, 9.17) is 4.74 Å². The Kier molecular flexibility index (Phi) is 5.90. The number of thioether (sulfide) groups is 1. The third-order valence-corrected chi connectivity index (χ3v) is 4.03. The molecule has 0 aromatic rings. The zero-order chi connectivity index (χ0) is 10.4. The smallest absolute Gasteiger partial charge is 0.0586 e. The van der Waals surface area contributed by atoms with Crippen molar-refractivity contribution >= 4 is 11.8 Å². The number of hydrogen-bond acceptors (Lipinski definition) is 3. The van der Waals surface area contributed by atoms with Crippen LogP contribution in [0.3, 0.4) is 0 Å². The molecule has 1 rings (SSSR count). The van der Waals surface area contributed by atoms with Gasteiger partial charge in [0.2, 0.25) is 0 Å². The second-order valence-corrected chi connectivity index (χ2v) is 5.45. The van der Waals surface area contributed by atoms with E-state index in [1.54, 1.807) is 0 Å². The summed E-state index contributed by atoms with van der Waals surface area (Å²) in [6, 6.07) is 0.684. The van der Waals surface area contributed by atoms with Gasteiger partial charge in [0.05, 0.1) is 6.10 Å². The van der Waals surface area contributed by atoms with Crippen LogP contribution in [-0.4, -0.2) is 37.3 Å². The quantitative estimate of drug-likeness (QED) is 0.763. The highest BCUT2D eigenvalue weighted by Gasteiger charge is 2.21. The Labute approximate surface area is 92.2 Å². The molecule has 0 heterocycles. The van der Waals surface area contributed by atoms with E-state index in [1.807, 2.05) is 18.9 Å². The summed E-state index contributed by atoms with van der Waals surface area (Å²) in [5.41, 5.74) is 0. The van der Waals surface area contributed by atoms with Crippen molar-refractivity contribution in [2.45, 2.75) is 50.0 Å². The summed E-state index contributed by atoms with van der Waals surface area (Å²) in [5.74, 6) is 0. The van der Waals surface area contributed by atoms with E-state index in [-0.39, 0.29) is 0 Å². The Bertz CT molecular complexity index is 154. The Hall–Kier alpha value is 0.270. The minimum Gasteiger partial charge on any atom is -0.381 e. The number of hydrogen-bond donors (Lipinski definition) is 1. The highest BCUT2D eigenvalue weighted by Crippen LogP contribution is 2.20. The van der Waals surface area contributed by atoms with Gasteiger partial charge in [0.25, 0.3) is 0 Å². The molecule has 0 saturated heterocycles. The molecule has 0 spiro atoms. The van der Waals surface area contributed by atoms with Crippen molar-refractivity contribution in [2.75, 3.05) is 19.9 Å². The molecular formula is C11H23NOS. The van der Waals surface area contributed by atoms with E-state index in [1.165, 1.54) is 25.7 Å². The van der Waals surface area contributed by atoms with Crippen molar-refractivity contribution in [3.8, 4) is 0 Å². The van der Waals surface area contributed by atoms with Crippen LogP contribution in [0.1, 0.15) is 32.6 Å². The molecule has 2 nitrogen and oxygen atoms in total. The largest absolute Gasteiger partial charge is 0.381 e. The maximum absolute atomic E-state index is 5.41. The van der Waals surface area contributed by atoms with Crippen LogP contribution in [0.5, 0.6) is 0 Å². The minimum absolute atomic E-state index is 0.492. The Morgan fingerprint density at radius 1 is 1.50 bits per heavy atom. The van der Waals surface area contributed by atoms with E-state index in [9.17, 15) is 0 Å². The molecule has 0 aromatic carbocycles.